The van der Waals surface area contributed by atoms with E-state index in [-0.39, 0.29) is 5.75 Å². The van der Waals surface area contributed by atoms with Crippen molar-refractivity contribution in [3.8, 4) is 11.5 Å². The highest BCUT2D eigenvalue weighted by Gasteiger charge is 2.32. The molecule has 0 aliphatic heterocycles. The maximum absolute atomic E-state index is 12.8. The molecule has 1 rings (SSSR count). The van der Waals surface area contributed by atoms with Crippen LogP contribution in [-0.2, 0) is 0 Å². The summed E-state index contributed by atoms with van der Waals surface area (Å²) in [4.78, 5) is 3.60. The van der Waals surface area contributed by atoms with E-state index < -0.39 is 17.9 Å². The summed E-state index contributed by atoms with van der Waals surface area (Å²) in [6, 6.07) is 2.17. The lowest BCUT2D eigenvalue weighted by Gasteiger charge is -2.09. The van der Waals surface area contributed by atoms with Crippen molar-refractivity contribution in [1.29, 1.82) is 0 Å². The van der Waals surface area contributed by atoms with Crippen molar-refractivity contribution in [3.05, 3.63) is 24.0 Å². The van der Waals surface area contributed by atoms with E-state index in [9.17, 15) is 17.6 Å². The summed E-state index contributed by atoms with van der Waals surface area (Å²) in [6.45, 7) is 0. The predicted molar refractivity (Wildman–Crippen MR) is 36.3 cm³/mol. The van der Waals surface area contributed by atoms with Crippen LogP contribution in [0, 0.1) is 5.82 Å². The third-order valence-electron chi connectivity index (χ3n) is 1.23. The highest BCUT2D eigenvalue weighted by atomic mass is 19.4. The zero-order chi connectivity index (χ0) is 10.8. The van der Waals surface area contributed by atoms with Crippen LogP contribution in [0.5, 0.6) is 11.5 Å². The molecule has 0 heterocycles. The molecule has 0 amide bonds. The topological polar surface area (TPSA) is 38.7 Å². The van der Waals surface area contributed by atoms with Crippen molar-refractivity contribution in [3.63, 3.8) is 0 Å². The highest BCUT2D eigenvalue weighted by Crippen LogP contribution is 2.27. The highest BCUT2D eigenvalue weighted by molar-refractivity contribution is 5.32. The molecule has 78 valence electrons. The van der Waals surface area contributed by atoms with E-state index in [2.05, 4.69) is 9.62 Å². The van der Waals surface area contributed by atoms with Gasteiger partial charge in [0.05, 0.1) is 0 Å². The average Bonchev–Trinajstić information content (AvgIpc) is 2.06. The van der Waals surface area contributed by atoms with Crippen LogP contribution in [0.15, 0.2) is 18.2 Å². The Balaban J connectivity index is 2.89. The van der Waals surface area contributed by atoms with E-state index >= 15 is 0 Å². The zero-order valence-corrected chi connectivity index (χ0v) is 6.51. The molecule has 0 fully saturated rings. The van der Waals surface area contributed by atoms with E-state index in [1.165, 1.54) is 0 Å². The summed E-state index contributed by atoms with van der Waals surface area (Å²) >= 11 is 0. The Morgan fingerprint density at radius 1 is 1.21 bits per heavy atom. The number of hydrogen-bond donors (Lipinski definition) is 1. The van der Waals surface area contributed by atoms with E-state index in [1.54, 1.807) is 0 Å². The molecule has 14 heavy (non-hydrogen) atoms. The van der Waals surface area contributed by atoms with Crippen molar-refractivity contribution in [2.24, 2.45) is 0 Å². The number of alkyl halides is 3. The number of halogens is 4. The molecule has 0 aromatic heterocycles. The molecule has 0 spiro atoms. The van der Waals surface area contributed by atoms with Crippen LogP contribution in [0.25, 0.3) is 0 Å². The molecule has 3 nitrogen and oxygen atoms in total. The first-order chi connectivity index (χ1) is 6.42. The van der Waals surface area contributed by atoms with E-state index in [0.29, 0.717) is 12.1 Å². The fraction of sp³-hybridized carbons (Fsp3) is 0.143. The van der Waals surface area contributed by atoms with E-state index in [4.69, 9.17) is 5.26 Å². The van der Waals surface area contributed by atoms with Crippen molar-refractivity contribution in [2.45, 2.75) is 6.36 Å². The minimum atomic E-state index is -4.96. The number of rotatable bonds is 2. The quantitative estimate of drug-likeness (QED) is 0.465. The van der Waals surface area contributed by atoms with E-state index in [0.717, 1.165) is 6.07 Å². The Morgan fingerprint density at radius 2 is 1.86 bits per heavy atom. The Kier molecular flexibility index (Phi) is 2.80. The van der Waals surface area contributed by atoms with Gasteiger partial charge in [-0.3, -0.25) is 0 Å². The molecule has 0 bridgehead atoms. The van der Waals surface area contributed by atoms with Crippen molar-refractivity contribution >= 4 is 0 Å². The Morgan fingerprint density at radius 3 is 2.29 bits per heavy atom. The van der Waals surface area contributed by atoms with Gasteiger partial charge in [0.25, 0.3) is 0 Å². The number of ether oxygens (including phenoxy) is 1. The summed E-state index contributed by atoms with van der Waals surface area (Å²) < 4.78 is 51.0. The second-order valence-corrected chi connectivity index (χ2v) is 2.23. The maximum atomic E-state index is 12.8. The molecule has 1 aromatic rings. The normalized spacial score (nSPS) is 11.2. The lowest BCUT2D eigenvalue weighted by atomic mass is 10.3. The lowest BCUT2D eigenvalue weighted by molar-refractivity contribution is -0.275. The molecule has 1 aromatic carbocycles. The second kappa shape index (κ2) is 3.70. The fourth-order valence-corrected chi connectivity index (χ4v) is 0.746. The fourth-order valence-electron chi connectivity index (χ4n) is 0.746. The molecule has 0 saturated carbocycles. The Labute approximate surface area is 75.4 Å². The van der Waals surface area contributed by atoms with Crippen LogP contribution in [0.1, 0.15) is 0 Å². The molecule has 0 aliphatic carbocycles. The van der Waals surface area contributed by atoms with Crippen LogP contribution in [-0.4, -0.2) is 11.6 Å². The number of benzene rings is 1. The van der Waals surface area contributed by atoms with Gasteiger partial charge in [-0.05, 0) is 12.1 Å². The minimum absolute atomic E-state index is 0.322. The Bertz CT molecular complexity index is 323. The smallest absolute Gasteiger partial charge is 0.403 e. The zero-order valence-electron chi connectivity index (χ0n) is 6.51. The van der Waals surface area contributed by atoms with Gasteiger partial charge in [0, 0.05) is 6.07 Å². The first-order valence-corrected chi connectivity index (χ1v) is 3.29. The third-order valence-corrected chi connectivity index (χ3v) is 1.23. The first-order valence-electron chi connectivity index (χ1n) is 3.29. The first kappa shape index (κ1) is 10.6. The standard InChI is InChI=1S/C7H4F4O3/c8-5-3-4(14-12)1-2-6(5)13-7(9,10)11/h1-3,12H. The molecule has 0 saturated heterocycles. The average molecular weight is 212 g/mol. The third kappa shape index (κ3) is 2.77. The van der Waals surface area contributed by atoms with Crippen LogP contribution >= 0.6 is 0 Å². The molecular weight excluding hydrogens is 208 g/mol. The van der Waals surface area contributed by atoms with Crippen molar-refractivity contribution in [1.82, 2.24) is 0 Å². The molecular formula is C7H4F4O3. The SMILES string of the molecule is OOc1ccc(OC(F)(F)F)c(F)c1. The predicted octanol–water partition coefficient (Wildman–Crippen LogP) is 2.58. The summed E-state index contributed by atoms with van der Waals surface area (Å²) in [5.74, 6) is -2.59. The van der Waals surface area contributed by atoms with E-state index in [1.807, 2.05) is 0 Å². The van der Waals surface area contributed by atoms with Gasteiger partial charge >= 0.3 is 6.36 Å². The van der Waals surface area contributed by atoms with Gasteiger partial charge in [0.15, 0.2) is 17.3 Å². The minimum Gasteiger partial charge on any atom is -0.403 e. The summed E-state index contributed by atoms with van der Waals surface area (Å²) in [5.41, 5.74) is 0. The molecule has 0 radical (unpaired) electrons. The monoisotopic (exact) mass is 212 g/mol. The largest absolute Gasteiger partial charge is 0.573 e. The molecule has 0 aliphatic rings. The van der Waals surface area contributed by atoms with Gasteiger partial charge in [0.2, 0.25) is 0 Å². The van der Waals surface area contributed by atoms with Gasteiger partial charge in [-0.2, -0.15) is 0 Å². The summed E-state index contributed by atoms with van der Waals surface area (Å²) in [6.07, 6.45) is -4.96. The number of hydrogen-bond acceptors (Lipinski definition) is 3. The molecule has 0 atom stereocenters. The van der Waals surface area contributed by atoms with Crippen molar-refractivity contribution in [2.75, 3.05) is 0 Å². The van der Waals surface area contributed by atoms with Crippen LogP contribution < -0.4 is 9.62 Å². The molecule has 7 heteroatoms. The van der Waals surface area contributed by atoms with Gasteiger partial charge < -0.3 is 9.62 Å². The van der Waals surface area contributed by atoms with Crippen LogP contribution in [0.2, 0.25) is 0 Å². The van der Waals surface area contributed by atoms with Gasteiger partial charge in [-0.15, -0.1) is 13.2 Å². The van der Waals surface area contributed by atoms with Gasteiger partial charge in [-0.1, -0.05) is 0 Å². The molecule has 1 N–H and O–H groups in total. The maximum Gasteiger partial charge on any atom is 0.573 e. The van der Waals surface area contributed by atoms with Crippen molar-refractivity contribution < 1.29 is 32.4 Å². The summed E-state index contributed by atoms with van der Waals surface area (Å²) in [7, 11) is 0. The molecule has 0 unspecified atom stereocenters. The van der Waals surface area contributed by atoms with Gasteiger partial charge in [-0.25, -0.2) is 9.65 Å². The van der Waals surface area contributed by atoms with Gasteiger partial charge in [0.1, 0.15) is 0 Å². The Hall–Kier alpha value is -1.50. The lowest BCUT2D eigenvalue weighted by Crippen LogP contribution is -2.17. The van der Waals surface area contributed by atoms with Crippen LogP contribution in [0.4, 0.5) is 17.6 Å². The second-order valence-electron chi connectivity index (χ2n) is 2.23. The van der Waals surface area contributed by atoms with Crippen LogP contribution in [0.3, 0.4) is 0 Å². The summed E-state index contributed by atoms with van der Waals surface area (Å²) in [5, 5.41) is 8.06.